The van der Waals surface area contributed by atoms with E-state index < -0.39 is 11.2 Å². The minimum Gasteiger partial charge on any atom is -0.383 e. The van der Waals surface area contributed by atoms with Crippen LogP contribution in [0.25, 0.3) is 5.65 Å². The largest absolute Gasteiger partial charge is 0.383 e. The molecule has 3 aromatic rings. The summed E-state index contributed by atoms with van der Waals surface area (Å²) in [5.74, 6) is 0.255. The molecule has 1 aliphatic rings. The lowest BCUT2D eigenvalue weighted by Crippen LogP contribution is -2.47. The van der Waals surface area contributed by atoms with Crippen molar-refractivity contribution in [2.45, 2.75) is 33.2 Å². The molecule has 0 saturated carbocycles. The Morgan fingerprint density at radius 1 is 1.29 bits per heavy atom. The number of carbonyl (C=O) groups excluding carboxylic acids is 1. The monoisotopic (exact) mass is 486 g/mol. The molecular formula is C21H30N10O4. The number of amides is 1. The van der Waals surface area contributed by atoms with Gasteiger partial charge in [0.25, 0.3) is 5.56 Å². The van der Waals surface area contributed by atoms with Crippen LogP contribution in [0.1, 0.15) is 26.7 Å². The first-order valence-electron chi connectivity index (χ1n) is 11.5. The van der Waals surface area contributed by atoms with Crippen LogP contribution in [0.3, 0.4) is 0 Å². The SMILES string of the molecule is COCCN(C(=O)C1CCN(c2ccc3nnnn3n2)CC1)c1c(N)n(CC(C)C)c(=O)[nH]c1=O. The Morgan fingerprint density at radius 3 is 2.71 bits per heavy atom. The molecule has 0 unspecified atom stereocenters. The Labute approximate surface area is 200 Å². The maximum atomic E-state index is 13.6. The molecule has 3 aromatic heterocycles. The molecule has 0 spiro atoms. The summed E-state index contributed by atoms with van der Waals surface area (Å²) in [6, 6.07) is 3.63. The van der Waals surface area contributed by atoms with E-state index >= 15 is 0 Å². The van der Waals surface area contributed by atoms with Crippen LogP contribution in [0.4, 0.5) is 17.3 Å². The normalized spacial score (nSPS) is 14.7. The van der Waals surface area contributed by atoms with Crippen LogP contribution in [0, 0.1) is 11.8 Å². The molecule has 1 amide bonds. The first-order chi connectivity index (χ1) is 16.8. The zero-order chi connectivity index (χ0) is 25.1. The van der Waals surface area contributed by atoms with E-state index in [0.29, 0.717) is 43.9 Å². The molecule has 4 rings (SSSR count). The molecule has 1 saturated heterocycles. The van der Waals surface area contributed by atoms with Gasteiger partial charge in [0.1, 0.15) is 5.82 Å². The van der Waals surface area contributed by atoms with Crippen LogP contribution in [-0.2, 0) is 16.1 Å². The number of tetrazole rings is 1. The molecular weight excluding hydrogens is 456 g/mol. The van der Waals surface area contributed by atoms with Crippen molar-refractivity contribution in [2.24, 2.45) is 11.8 Å². The van der Waals surface area contributed by atoms with Gasteiger partial charge in [0.2, 0.25) is 5.91 Å². The third-order valence-electron chi connectivity index (χ3n) is 6.04. The fraction of sp³-hybridized carbons (Fsp3) is 0.571. The molecule has 4 heterocycles. The molecule has 0 radical (unpaired) electrons. The van der Waals surface area contributed by atoms with Crippen molar-refractivity contribution < 1.29 is 9.53 Å². The third-order valence-corrected chi connectivity index (χ3v) is 6.04. The van der Waals surface area contributed by atoms with Gasteiger partial charge in [0, 0.05) is 39.2 Å². The summed E-state index contributed by atoms with van der Waals surface area (Å²) >= 11 is 0. The number of fused-ring (bicyclic) bond motifs is 1. The minimum absolute atomic E-state index is 0.0134. The highest BCUT2D eigenvalue weighted by Crippen LogP contribution is 2.26. The smallest absolute Gasteiger partial charge is 0.330 e. The first-order valence-corrected chi connectivity index (χ1v) is 11.5. The van der Waals surface area contributed by atoms with Gasteiger partial charge in [-0.3, -0.25) is 19.1 Å². The molecule has 1 fully saturated rings. The Morgan fingerprint density at radius 2 is 2.03 bits per heavy atom. The number of aromatic amines is 1. The van der Waals surface area contributed by atoms with E-state index in [1.54, 1.807) is 6.07 Å². The average Bonchev–Trinajstić information content (AvgIpc) is 3.31. The molecule has 0 aromatic carbocycles. The number of anilines is 3. The van der Waals surface area contributed by atoms with Crippen molar-refractivity contribution in [2.75, 3.05) is 48.9 Å². The molecule has 14 nitrogen and oxygen atoms in total. The second-order valence-corrected chi connectivity index (χ2v) is 8.96. The van der Waals surface area contributed by atoms with Gasteiger partial charge in [-0.2, -0.15) is 0 Å². The minimum atomic E-state index is -0.687. The van der Waals surface area contributed by atoms with Crippen LogP contribution in [0.15, 0.2) is 21.7 Å². The molecule has 1 aliphatic heterocycles. The Kier molecular flexibility index (Phi) is 7.10. The van der Waals surface area contributed by atoms with Gasteiger partial charge < -0.3 is 20.3 Å². The second kappa shape index (κ2) is 10.2. The molecule has 3 N–H and O–H groups in total. The van der Waals surface area contributed by atoms with Gasteiger partial charge in [0.15, 0.2) is 17.2 Å². The number of piperidine rings is 1. The standard InChI is InChI=1S/C21H30N10O4/c1-13(2)12-30-18(22)17(19(32)23-21(30)34)29(10-11-35-3)20(33)14-6-8-28(9-7-14)16-5-4-15-24-26-27-31(15)25-16/h4-5,13-14H,6-12,22H2,1-3H3,(H,23,32,34). The van der Waals surface area contributed by atoms with Gasteiger partial charge in [-0.25, -0.2) is 4.79 Å². The predicted molar refractivity (Wildman–Crippen MR) is 128 cm³/mol. The summed E-state index contributed by atoms with van der Waals surface area (Å²) in [5.41, 5.74) is 5.54. The van der Waals surface area contributed by atoms with E-state index in [9.17, 15) is 14.4 Å². The number of rotatable bonds is 8. The fourth-order valence-corrected chi connectivity index (χ4v) is 4.28. The lowest BCUT2D eigenvalue weighted by molar-refractivity contribution is -0.123. The number of hydrogen-bond donors (Lipinski definition) is 2. The summed E-state index contributed by atoms with van der Waals surface area (Å²) in [4.78, 5) is 44.5. The van der Waals surface area contributed by atoms with Crippen molar-refractivity contribution in [1.29, 1.82) is 0 Å². The van der Waals surface area contributed by atoms with E-state index in [-0.39, 0.29) is 42.4 Å². The van der Waals surface area contributed by atoms with E-state index in [0.717, 1.165) is 0 Å². The Balaban J connectivity index is 1.56. The number of nitrogens with zero attached hydrogens (tertiary/aromatic N) is 8. The molecule has 0 aliphatic carbocycles. The summed E-state index contributed by atoms with van der Waals surface area (Å²) < 4.78 is 7.85. The van der Waals surface area contributed by atoms with E-state index in [1.165, 1.54) is 21.2 Å². The molecule has 188 valence electrons. The molecule has 0 bridgehead atoms. The number of aromatic nitrogens is 7. The first kappa shape index (κ1) is 24.3. The Hall–Kier alpha value is -3.81. The number of hydrogen-bond acceptors (Lipinski definition) is 10. The fourth-order valence-electron chi connectivity index (χ4n) is 4.28. The van der Waals surface area contributed by atoms with E-state index in [2.05, 4.69) is 30.5 Å². The van der Waals surface area contributed by atoms with E-state index in [1.807, 2.05) is 19.9 Å². The second-order valence-electron chi connectivity index (χ2n) is 8.96. The number of ether oxygens (including phenoxy) is 1. The van der Waals surface area contributed by atoms with Crippen molar-refractivity contribution in [1.82, 2.24) is 34.8 Å². The van der Waals surface area contributed by atoms with Gasteiger partial charge >= 0.3 is 5.69 Å². The number of carbonyl (C=O) groups is 1. The van der Waals surface area contributed by atoms with Crippen molar-refractivity contribution in [3.63, 3.8) is 0 Å². The van der Waals surface area contributed by atoms with Crippen molar-refractivity contribution in [3.05, 3.63) is 33.0 Å². The predicted octanol–water partition coefficient (Wildman–Crippen LogP) is -0.496. The maximum Gasteiger partial charge on any atom is 0.330 e. The third kappa shape index (κ3) is 5.01. The number of methoxy groups -OCH3 is 1. The highest BCUT2D eigenvalue weighted by atomic mass is 16.5. The zero-order valence-corrected chi connectivity index (χ0v) is 20.0. The average molecular weight is 487 g/mol. The van der Waals surface area contributed by atoms with Crippen LogP contribution in [0.5, 0.6) is 0 Å². The number of H-pyrrole nitrogens is 1. The zero-order valence-electron chi connectivity index (χ0n) is 20.0. The van der Waals surface area contributed by atoms with Crippen LogP contribution in [0.2, 0.25) is 0 Å². The molecule has 0 atom stereocenters. The summed E-state index contributed by atoms with van der Waals surface area (Å²) in [6.45, 7) is 5.72. The van der Waals surface area contributed by atoms with Gasteiger partial charge in [-0.15, -0.1) is 14.8 Å². The summed E-state index contributed by atoms with van der Waals surface area (Å²) in [6.07, 6.45) is 1.11. The maximum absolute atomic E-state index is 13.6. The van der Waals surface area contributed by atoms with Crippen molar-refractivity contribution >= 4 is 28.9 Å². The topological polar surface area (TPSA) is 170 Å². The van der Waals surface area contributed by atoms with Crippen molar-refractivity contribution in [3.8, 4) is 0 Å². The van der Waals surface area contributed by atoms with E-state index in [4.69, 9.17) is 10.5 Å². The summed E-state index contributed by atoms with van der Waals surface area (Å²) in [7, 11) is 1.52. The van der Waals surface area contributed by atoms with Crippen LogP contribution in [-0.4, -0.2) is 74.1 Å². The van der Waals surface area contributed by atoms with Gasteiger partial charge in [-0.1, -0.05) is 13.8 Å². The van der Waals surface area contributed by atoms with Crippen LogP contribution >= 0.6 is 0 Å². The van der Waals surface area contributed by atoms with Gasteiger partial charge in [0.05, 0.1) is 6.61 Å². The lowest BCUT2D eigenvalue weighted by Gasteiger charge is -2.34. The number of nitrogen functional groups attached to an aromatic ring is 1. The van der Waals surface area contributed by atoms with Gasteiger partial charge in [-0.05, 0) is 41.3 Å². The lowest BCUT2D eigenvalue weighted by atomic mass is 9.95. The summed E-state index contributed by atoms with van der Waals surface area (Å²) in [5, 5.41) is 15.7. The van der Waals surface area contributed by atoms with Crippen LogP contribution < -0.4 is 26.8 Å². The molecule has 35 heavy (non-hydrogen) atoms. The highest BCUT2D eigenvalue weighted by molar-refractivity contribution is 5.97. The number of nitrogens with two attached hydrogens (primary N) is 1. The molecule has 14 heteroatoms. The number of nitrogens with one attached hydrogen (secondary N) is 1. The highest BCUT2D eigenvalue weighted by Gasteiger charge is 2.32. The Bertz CT molecular complexity index is 1310. The quantitative estimate of drug-likeness (QED) is 0.423.